The first kappa shape index (κ1) is 14.8. The van der Waals surface area contributed by atoms with Crippen LogP contribution in [0.3, 0.4) is 0 Å². The molecule has 3 nitrogen and oxygen atoms in total. The van der Waals surface area contributed by atoms with Crippen molar-refractivity contribution in [1.29, 1.82) is 5.26 Å². The molecule has 87 valence electrons. The van der Waals surface area contributed by atoms with Gasteiger partial charge in [-0.2, -0.15) is 5.26 Å². The van der Waals surface area contributed by atoms with E-state index in [1.165, 1.54) is 24.3 Å². The van der Waals surface area contributed by atoms with E-state index in [4.69, 9.17) is 10.00 Å². The van der Waals surface area contributed by atoms with Crippen molar-refractivity contribution in [2.45, 2.75) is 6.92 Å². The number of ether oxygens (including phenoxy) is 1. The molecule has 0 aliphatic heterocycles. The summed E-state index contributed by atoms with van der Waals surface area (Å²) < 4.78 is 18.1. The molecule has 2 rings (SSSR count). The number of rotatable bonds is 2. The summed E-state index contributed by atoms with van der Waals surface area (Å²) in [5.41, 5.74) is 1.82. The first-order valence-corrected chi connectivity index (χ1v) is 5.15. The van der Waals surface area contributed by atoms with Crippen LogP contribution < -0.4 is 0 Å². The van der Waals surface area contributed by atoms with Crippen molar-refractivity contribution in [3.8, 4) is 6.07 Å². The van der Waals surface area contributed by atoms with E-state index in [1.807, 2.05) is 6.07 Å². The molecule has 18 heavy (non-hydrogen) atoms. The normalized spacial score (nSPS) is 15.1. The molecule has 0 atom stereocenters. The molecule has 1 aromatic rings. The van der Waals surface area contributed by atoms with Crippen LogP contribution in [0, 0.1) is 17.1 Å². The number of benzene rings is 1. The van der Waals surface area contributed by atoms with Gasteiger partial charge in [0.25, 0.3) is 5.95 Å². The average molecular weight is 254 g/mol. The number of hydrogen-bond donors (Lipinski definition) is 1. The van der Waals surface area contributed by atoms with Crippen molar-refractivity contribution in [2.75, 3.05) is 6.61 Å². The zero-order chi connectivity index (χ0) is 12.4. The number of aliphatic hydroxyl groups excluding tert-OH is 1. The standard InChI is InChI=1S/C13H10FNO2.Na/c1-2-17-13(16)12-5-8(7-15)10-4-3-9(14)6-11(10)12;/h3-6,16H,2H2,1H3;. The zero-order valence-corrected chi connectivity index (χ0v) is 12.2. The summed E-state index contributed by atoms with van der Waals surface area (Å²) in [4.78, 5) is 0. The van der Waals surface area contributed by atoms with Crippen molar-refractivity contribution in [3.63, 3.8) is 0 Å². The Kier molecular flexibility index (Phi) is 4.97. The van der Waals surface area contributed by atoms with Gasteiger partial charge in [0.2, 0.25) is 0 Å². The van der Waals surface area contributed by atoms with Crippen LogP contribution in [-0.2, 0) is 4.74 Å². The molecule has 0 aromatic heterocycles. The van der Waals surface area contributed by atoms with E-state index in [1.54, 1.807) is 6.92 Å². The molecule has 0 spiro atoms. The van der Waals surface area contributed by atoms with Gasteiger partial charge in [-0.1, -0.05) is 6.07 Å². The third-order valence-electron chi connectivity index (χ3n) is 2.48. The number of fused-ring (bicyclic) bond motifs is 1. The predicted octanol–water partition coefficient (Wildman–Crippen LogP) is 2.63. The van der Waals surface area contributed by atoms with Gasteiger partial charge >= 0.3 is 0 Å². The quantitative estimate of drug-likeness (QED) is 0.652. The Balaban J connectivity index is 0.00000162. The SMILES string of the molecule is CCOC(O)=C1C=C(C#N)c2ccc(F)cc21.[Na]. The molecule has 0 saturated heterocycles. The van der Waals surface area contributed by atoms with Crippen molar-refractivity contribution in [1.82, 2.24) is 0 Å². The molecule has 1 N–H and O–H groups in total. The van der Waals surface area contributed by atoms with E-state index in [0.717, 1.165) is 0 Å². The van der Waals surface area contributed by atoms with Crippen LogP contribution in [0.25, 0.3) is 11.1 Å². The Morgan fingerprint density at radius 3 is 2.78 bits per heavy atom. The van der Waals surface area contributed by atoms with E-state index in [0.29, 0.717) is 28.9 Å². The molecule has 1 radical (unpaired) electrons. The Hall–Kier alpha value is -1.28. The largest absolute Gasteiger partial charge is 0.481 e. The molecule has 0 unspecified atom stereocenters. The molecular weight excluding hydrogens is 244 g/mol. The van der Waals surface area contributed by atoms with Crippen molar-refractivity contribution >= 4 is 40.7 Å². The van der Waals surface area contributed by atoms with Gasteiger partial charge in [0.05, 0.1) is 23.8 Å². The Morgan fingerprint density at radius 2 is 2.17 bits per heavy atom. The van der Waals surface area contributed by atoms with Crippen molar-refractivity contribution in [3.05, 3.63) is 47.2 Å². The monoisotopic (exact) mass is 254 g/mol. The van der Waals surface area contributed by atoms with Gasteiger partial charge in [-0.3, -0.25) is 0 Å². The molecule has 0 saturated carbocycles. The van der Waals surface area contributed by atoms with Crippen LogP contribution in [0.5, 0.6) is 0 Å². The molecule has 0 bridgehead atoms. The smallest absolute Gasteiger partial charge is 0.284 e. The zero-order valence-electron chi connectivity index (χ0n) is 10.2. The fourth-order valence-corrected chi connectivity index (χ4v) is 1.76. The van der Waals surface area contributed by atoms with Gasteiger partial charge < -0.3 is 9.84 Å². The molecule has 0 fully saturated rings. The number of nitrogens with zero attached hydrogens (tertiary/aromatic N) is 1. The minimum absolute atomic E-state index is 0. The van der Waals surface area contributed by atoms with E-state index in [9.17, 15) is 9.50 Å². The maximum absolute atomic E-state index is 13.2. The van der Waals surface area contributed by atoms with Gasteiger partial charge in [-0.05, 0) is 25.1 Å². The first-order valence-electron chi connectivity index (χ1n) is 5.15. The van der Waals surface area contributed by atoms with Crippen LogP contribution in [-0.4, -0.2) is 41.3 Å². The summed E-state index contributed by atoms with van der Waals surface area (Å²) in [5, 5.41) is 18.6. The Morgan fingerprint density at radius 1 is 1.44 bits per heavy atom. The molecule has 0 amide bonds. The summed E-state index contributed by atoms with van der Waals surface area (Å²) in [7, 11) is 0. The number of allylic oxidation sites excluding steroid dienone is 3. The summed E-state index contributed by atoms with van der Waals surface area (Å²) in [5.74, 6) is -0.706. The van der Waals surface area contributed by atoms with Crippen LogP contribution >= 0.6 is 0 Å². The second-order valence-corrected chi connectivity index (χ2v) is 3.51. The second kappa shape index (κ2) is 6.05. The Bertz CT molecular complexity index is 573. The van der Waals surface area contributed by atoms with E-state index in [2.05, 4.69) is 0 Å². The van der Waals surface area contributed by atoms with Crippen LogP contribution in [0.1, 0.15) is 18.1 Å². The van der Waals surface area contributed by atoms with Gasteiger partial charge in [-0.25, -0.2) is 4.39 Å². The van der Waals surface area contributed by atoms with Gasteiger partial charge in [0.15, 0.2) is 0 Å². The number of aliphatic hydroxyl groups is 1. The number of nitriles is 1. The summed E-state index contributed by atoms with van der Waals surface area (Å²) in [6, 6.07) is 6.09. The van der Waals surface area contributed by atoms with Crippen LogP contribution in [0.2, 0.25) is 0 Å². The molecule has 0 heterocycles. The maximum atomic E-state index is 13.2. The van der Waals surface area contributed by atoms with Crippen LogP contribution in [0.15, 0.2) is 30.2 Å². The van der Waals surface area contributed by atoms with E-state index >= 15 is 0 Å². The van der Waals surface area contributed by atoms with Gasteiger partial charge in [0.1, 0.15) is 5.82 Å². The summed E-state index contributed by atoms with van der Waals surface area (Å²) in [6.07, 6.45) is 1.50. The topological polar surface area (TPSA) is 53.2 Å². The average Bonchev–Trinajstić information content (AvgIpc) is 2.67. The number of hydrogen-bond acceptors (Lipinski definition) is 3. The second-order valence-electron chi connectivity index (χ2n) is 3.51. The molecule has 5 heteroatoms. The van der Waals surface area contributed by atoms with E-state index in [-0.39, 0.29) is 35.5 Å². The maximum Gasteiger partial charge on any atom is 0.284 e. The van der Waals surface area contributed by atoms with E-state index < -0.39 is 5.82 Å². The summed E-state index contributed by atoms with van der Waals surface area (Å²) in [6.45, 7) is 2.03. The van der Waals surface area contributed by atoms with Crippen LogP contribution in [0.4, 0.5) is 4.39 Å². The first-order chi connectivity index (χ1) is 8.17. The van der Waals surface area contributed by atoms with Gasteiger partial charge in [0, 0.05) is 40.7 Å². The molecule has 1 aromatic carbocycles. The third kappa shape index (κ3) is 2.59. The summed E-state index contributed by atoms with van der Waals surface area (Å²) >= 11 is 0. The number of halogens is 1. The van der Waals surface area contributed by atoms with Crippen molar-refractivity contribution in [2.24, 2.45) is 0 Å². The predicted molar refractivity (Wildman–Crippen MR) is 66.9 cm³/mol. The van der Waals surface area contributed by atoms with Crippen molar-refractivity contribution < 1.29 is 14.2 Å². The fourth-order valence-electron chi connectivity index (χ4n) is 1.76. The van der Waals surface area contributed by atoms with Gasteiger partial charge in [-0.15, -0.1) is 0 Å². The molecular formula is C13H10FNNaO2. The fraction of sp³-hybridized carbons (Fsp3) is 0.154. The minimum Gasteiger partial charge on any atom is -0.481 e. The molecule has 1 aliphatic rings. The molecule has 1 aliphatic carbocycles. The Labute approximate surface area is 126 Å². The third-order valence-corrected chi connectivity index (χ3v) is 2.48. The minimum atomic E-state index is -0.418.